The molecule has 0 aliphatic carbocycles. The number of hydrogen-bond donors (Lipinski definition) is 1. The maximum absolute atomic E-state index is 13.4. The van der Waals surface area contributed by atoms with E-state index in [1.54, 1.807) is 12.1 Å². The number of anilines is 1. The van der Waals surface area contributed by atoms with Crippen LogP contribution in [0.15, 0.2) is 76.6 Å². The number of fused-ring (bicyclic) bond motifs is 1. The molecule has 1 N–H and O–H groups in total. The number of benzene rings is 2. The van der Waals surface area contributed by atoms with Gasteiger partial charge in [0, 0.05) is 0 Å². The molecule has 5 rings (SSSR count). The third-order valence-electron chi connectivity index (χ3n) is 5.88. The molecule has 1 atom stereocenters. The smallest absolute Gasteiger partial charge is 0.296 e. The van der Waals surface area contributed by atoms with Gasteiger partial charge >= 0.3 is 0 Å². The van der Waals surface area contributed by atoms with Crippen molar-refractivity contribution in [3.8, 4) is 5.75 Å². The van der Waals surface area contributed by atoms with Crippen LogP contribution in [0.4, 0.5) is 5.13 Å². The lowest BCUT2D eigenvalue weighted by Crippen LogP contribution is -2.31. The SMILES string of the molecule is CCCCOc1cccc(C2C(C(=O)c3ccco3)=C(O)C(=O)N2c2nc3ccc(C)cc3s2)c1. The first kappa shape index (κ1) is 22.9. The third kappa shape index (κ3) is 4.21. The van der Waals surface area contributed by atoms with Crippen LogP contribution in [0.5, 0.6) is 5.75 Å². The van der Waals surface area contributed by atoms with Crippen LogP contribution in [0.1, 0.15) is 47.5 Å². The second-order valence-corrected chi connectivity index (χ2v) is 9.40. The lowest BCUT2D eigenvalue weighted by molar-refractivity contribution is -0.117. The number of aliphatic hydroxyl groups is 1. The number of furan rings is 1. The summed E-state index contributed by atoms with van der Waals surface area (Å²) in [6.07, 6.45) is 3.29. The molecule has 0 saturated carbocycles. The van der Waals surface area contributed by atoms with Crippen molar-refractivity contribution >= 4 is 38.4 Å². The minimum atomic E-state index is -0.892. The zero-order valence-corrected chi connectivity index (χ0v) is 20.2. The van der Waals surface area contributed by atoms with Crippen molar-refractivity contribution < 1.29 is 23.8 Å². The summed E-state index contributed by atoms with van der Waals surface area (Å²) in [5, 5.41) is 11.3. The number of Topliss-reactive ketones (excluding diaryl/α,β-unsaturated/α-hetero) is 1. The Bertz CT molecular complexity index is 1440. The Morgan fingerprint density at radius 2 is 2.06 bits per heavy atom. The number of aromatic nitrogens is 1. The Labute approximate surface area is 206 Å². The maximum atomic E-state index is 13.4. The predicted octanol–water partition coefficient (Wildman–Crippen LogP) is 6.16. The summed E-state index contributed by atoms with van der Waals surface area (Å²) in [6.45, 7) is 4.63. The molecule has 0 fully saturated rings. The molecule has 1 amide bonds. The van der Waals surface area contributed by atoms with Crippen molar-refractivity contribution in [2.24, 2.45) is 0 Å². The largest absolute Gasteiger partial charge is 0.503 e. The van der Waals surface area contributed by atoms with Gasteiger partial charge in [0.1, 0.15) is 5.75 Å². The van der Waals surface area contributed by atoms with Gasteiger partial charge < -0.3 is 14.3 Å². The molecule has 2 aromatic heterocycles. The highest BCUT2D eigenvalue weighted by atomic mass is 32.1. The number of rotatable bonds is 8. The molecule has 0 radical (unpaired) electrons. The molecule has 0 bridgehead atoms. The Hall–Kier alpha value is -3.91. The van der Waals surface area contributed by atoms with Gasteiger partial charge in [-0.05, 0) is 60.9 Å². The first-order chi connectivity index (χ1) is 17.0. The fraction of sp³-hybridized carbons (Fsp3) is 0.222. The summed E-state index contributed by atoms with van der Waals surface area (Å²) in [5.41, 5.74) is 2.39. The van der Waals surface area contributed by atoms with Gasteiger partial charge in [-0.25, -0.2) is 4.98 Å². The molecule has 7 nitrogen and oxygen atoms in total. The van der Waals surface area contributed by atoms with Gasteiger partial charge in [-0.2, -0.15) is 0 Å². The van der Waals surface area contributed by atoms with Crippen LogP contribution >= 0.6 is 11.3 Å². The van der Waals surface area contributed by atoms with E-state index < -0.39 is 23.5 Å². The summed E-state index contributed by atoms with van der Waals surface area (Å²) >= 11 is 1.34. The summed E-state index contributed by atoms with van der Waals surface area (Å²) in [7, 11) is 0. The second-order valence-electron chi connectivity index (χ2n) is 8.39. The molecule has 8 heteroatoms. The molecule has 4 aromatic rings. The van der Waals surface area contributed by atoms with E-state index in [1.165, 1.54) is 28.6 Å². The van der Waals surface area contributed by atoms with Crippen LogP contribution in [0.25, 0.3) is 10.2 Å². The molecule has 0 saturated heterocycles. The quantitative estimate of drug-likeness (QED) is 0.236. The number of hydrogen-bond acceptors (Lipinski definition) is 7. The normalized spacial score (nSPS) is 15.9. The van der Waals surface area contributed by atoms with Crippen LogP contribution in [-0.4, -0.2) is 28.4 Å². The van der Waals surface area contributed by atoms with Crippen molar-refractivity contribution in [1.29, 1.82) is 0 Å². The summed E-state index contributed by atoms with van der Waals surface area (Å²) in [5.74, 6) is -1.18. The van der Waals surface area contributed by atoms with Gasteiger partial charge in [-0.3, -0.25) is 14.5 Å². The monoisotopic (exact) mass is 488 g/mol. The number of unbranched alkanes of at least 4 members (excludes halogenated alkanes) is 1. The number of ether oxygens (including phenoxy) is 1. The highest BCUT2D eigenvalue weighted by molar-refractivity contribution is 7.22. The van der Waals surface area contributed by atoms with Gasteiger partial charge in [0.15, 0.2) is 16.7 Å². The Morgan fingerprint density at radius 3 is 2.83 bits per heavy atom. The van der Waals surface area contributed by atoms with Crippen molar-refractivity contribution in [1.82, 2.24) is 4.98 Å². The lowest BCUT2D eigenvalue weighted by atomic mass is 9.95. The average Bonchev–Trinajstić information content (AvgIpc) is 3.58. The minimum Gasteiger partial charge on any atom is -0.503 e. The third-order valence-corrected chi connectivity index (χ3v) is 6.89. The molecule has 2 aromatic carbocycles. The van der Waals surface area contributed by atoms with Crippen LogP contribution in [-0.2, 0) is 4.79 Å². The first-order valence-corrected chi connectivity index (χ1v) is 12.2. The van der Waals surface area contributed by atoms with Gasteiger partial charge in [0.05, 0.1) is 34.7 Å². The van der Waals surface area contributed by atoms with Crippen LogP contribution < -0.4 is 9.64 Å². The maximum Gasteiger partial charge on any atom is 0.296 e. The van der Waals surface area contributed by atoms with Crippen molar-refractivity contribution in [3.63, 3.8) is 0 Å². The number of carbonyl (C=O) groups excluding carboxylic acids is 2. The lowest BCUT2D eigenvalue weighted by Gasteiger charge is -2.24. The second kappa shape index (κ2) is 9.38. The van der Waals surface area contributed by atoms with E-state index in [1.807, 2.05) is 43.3 Å². The summed E-state index contributed by atoms with van der Waals surface area (Å²) < 4.78 is 12.1. The number of carbonyl (C=O) groups is 2. The van der Waals surface area contributed by atoms with Crippen LogP contribution in [0.3, 0.4) is 0 Å². The number of ketones is 1. The van der Waals surface area contributed by atoms with Crippen molar-refractivity contribution in [2.45, 2.75) is 32.7 Å². The van der Waals surface area contributed by atoms with Crippen LogP contribution in [0.2, 0.25) is 0 Å². The van der Waals surface area contributed by atoms with E-state index in [-0.39, 0.29) is 11.3 Å². The Balaban J connectivity index is 1.63. The highest BCUT2D eigenvalue weighted by Gasteiger charge is 2.46. The van der Waals surface area contributed by atoms with E-state index in [0.717, 1.165) is 28.6 Å². The molecule has 1 aliphatic heterocycles. The Kier molecular flexibility index (Phi) is 6.13. The summed E-state index contributed by atoms with van der Waals surface area (Å²) in [6, 6.07) is 15.3. The molecule has 3 heterocycles. The highest BCUT2D eigenvalue weighted by Crippen LogP contribution is 2.44. The fourth-order valence-electron chi connectivity index (χ4n) is 4.12. The van der Waals surface area contributed by atoms with E-state index in [9.17, 15) is 14.7 Å². The van der Waals surface area contributed by atoms with Gasteiger partial charge in [-0.1, -0.05) is 42.9 Å². The minimum absolute atomic E-state index is 0.0430. The van der Waals surface area contributed by atoms with Gasteiger partial charge in [0.25, 0.3) is 5.91 Å². The molecule has 1 unspecified atom stereocenters. The number of amides is 1. The number of aryl methyl sites for hydroxylation is 1. The molecule has 178 valence electrons. The topological polar surface area (TPSA) is 92.9 Å². The van der Waals surface area contributed by atoms with Crippen molar-refractivity contribution in [2.75, 3.05) is 11.5 Å². The van der Waals surface area contributed by atoms with Crippen LogP contribution in [0, 0.1) is 6.92 Å². The molecular formula is C27H24N2O5S. The zero-order valence-electron chi connectivity index (χ0n) is 19.4. The molecule has 35 heavy (non-hydrogen) atoms. The van der Waals surface area contributed by atoms with E-state index in [4.69, 9.17) is 9.15 Å². The number of nitrogens with zero attached hydrogens (tertiary/aromatic N) is 2. The predicted molar refractivity (Wildman–Crippen MR) is 134 cm³/mol. The Morgan fingerprint density at radius 1 is 1.20 bits per heavy atom. The molecular weight excluding hydrogens is 464 g/mol. The van der Waals surface area contributed by atoms with Gasteiger partial charge in [0.2, 0.25) is 5.78 Å². The number of aliphatic hydroxyl groups excluding tert-OH is 1. The molecule has 1 aliphatic rings. The standard InChI is InChI=1S/C27H24N2O5S/c1-3-4-12-33-18-8-5-7-17(15-18)23-22(24(30)20-9-6-13-34-20)25(31)26(32)29(23)27-28-19-11-10-16(2)14-21(19)35-27/h5-11,13-15,23,31H,3-4,12H2,1-2H3. The zero-order chi connectivity index (χ0) is 24.5. The average molecular weight is 489 g/mol. The van der Waals surface area contributed by atoms with Gasteiger partial charge in [-0.15, -0.1) is 0 Å². The first-order valence-electron chi connectivity index (χ1n) is 11.4. The van der Waals surface area contributed by atoms with E-state index >= 15 is 0 Å². The fourth-order valence-corrected chi connectivity index (χ4v) is 5.21. The van der Waals surface area contributed by atoms with E-state index in [0.29, 0.717) is 23.1 Å². The van der Waals surface area contributed by atoms with E-state index in [2.05, 4.69) is 11.9 Å². The summed E-state index contributed by atoms with van der Waals surface area (Å²) in [4.78, 5) is 32.8. The number of thiazole rings is 1. The van der Waals surface area contributed by atoms with Crippen molar-refractivity contribution in [3.05, 3.63) is 89.1 Å². The molecule has 0 spiro atoms.